The average molecular weight is 302 g/mol. The number of hydrogen-bond acceptors (Lipinski definition) is 5. The smallest absolute Gasteiger partial charge is 0.314 e. The highest BCUT2D eigenvalue weighted by Crippen LogP contribution is 2.19. The van der Waals surface area contributed by atoms with Crippen molar-refractivity contribution in [1.82, 2.24) is 0 Å². The van der Waals surface area contributed by atoms with E-state index in [4.69, 9.17) is 14.4 Å². The van der Waals surface area contributed by atoms with Crippen molar-refractivity contribution in [2.45, 2.75) is 18.7 Å². The van der Waals surface area contributed by atoms with Gasteiger partial charge in [-0.2, -0.15) is 8.42 Å². The topological polar surface area (TPSA) is 118 Å². The molecule has 0 bridgehead atoms. The van der Waals surface area contributed by atoms with E-state index in [1.807, 2.05) is 0 Å². The number of hydrogen-bond donors (Lipinski definition) is 2. The molecule has 1 rings (SSSR count). The van der Waals surface area contributed by atoms with Gasteiger partial charge >= 0.3 is 11.9 Å². The summed E-state index contributed by atoms with van der Waals surface area (Å²) in [5.41, 5.74) is 0. The van der Waals surface area contributed by atoms with Crippen LogP contribution in [0.15, 0.2) is 29.2 Å². The summed E-state index contributed by atoms with van der Waals surface area (Å²) < 4.78 is 35.4. The fourth-order valence-electron chi connectivity index (χ4n) is 1.31. The lowest BCUT2D eigenvalue weighted by Gasteiger charge is -2.14. The fourth-order valence-corrected chi connectivity index (χ4v) is 1.79. The normalized spacial score (nSPS) is 14.3. The molecule has 0 amide bonds. The lowest BCUT2D eigenvalue weighted by atomic mass is 9.96. The number of esters is 1. The van der Waals surface area contributed by atoms with Crippen molar-refractivity contribution >= 4 is 22.1 Å². The van der Waals surface area contributed by atoms with Crippen molar-refractivity contribution in [3.05, 3.63) is 24.3 Å². The Morgan fingerprint density at radius 1 is 1.10 bits per heavy atom. The molecule has 0 aliphatic carbocycles. The second-order valence-electron chi connectivity index (χ2n) is 4.28. The van der Waals surface area contributed by atoms with Crippen LogP contribution < -0.4 is 4.74 Å². The molecule has 0 radical (unpaired) electrons. The second-order valence-corrected chi connectivity index (χ2v) is 5.70. The summed E-state index contributed by atoms with van der Waals surface area (Å²) in [6.45, 7) is 2.81. The minimum Gasteiger partial charge on any atom is -0.481 e. The van der Waals surface area contributed by atoms with Gasteiger partial charge in [-0.05, 0) is 24.3 Å². The highest BCUT2D eigenvalue weighted by molar-refractivity contribution is 7.85. The SMILES string of the molecule is CC(C(=O)O)C(C)C(=O)Oc1ccc(S(=O)(=O)O)cc1. The first kappa shape index (κ1) is 16.1. The van der Waals surface area contributed by atoms with Crippen molar-refractivity contribution in [2.75, 3.05) is 0 Å². The lowest BCUT2D eigenvalue weighted by molar-refractivity contribution is -0.150. The standard InChI is InChI=1S/C12H14O7S/c1-7(11(13)14)8(2)12(15)19-9-3-5-10(6-4-9)20(16,17)18/h3-8H,1-2H3,(H,13,14)(H,16,17,18). The molecule has 0 heterocycles. The molecule has 110 valence electrons. The van der Waals surface area contributed by atoms with Crippen molar-refractivity contribution in [2.24, 2.45) is 11.8 Å². The molecule has 2 unspecified atom stereocenters. The van der Waals surface area contributed by atoms with Crippen LogP contribution in [-0.4, -0.2) is 30.0 Å². The Labute approximate surface area is 115 Å². The zero-order valence-corrected chi connectivity index (χ0v) is 11.6. The molecule has 0 saturated carbocycles. The van der Waals surface area contributed by atoms with E-state index in [0.717, 1.165) is 12.1 Å². The van der Waals surface area contributed by atoms with Gasteiger partial charge in [0.2, 0.25) is 0 Å². The molecule has 0 spiro atoms. The van der Waals surface area contributed by atoms with Gasteiger partial charge in [-0.3, -0.25) is 14.1 Å². The fraction of sp³-hybridized carbons (Fsp3) is 0.333. The zero-order valence-electron chi connectivity index (χ0n) is 10.8. The summed E-state index contributed by atoms with van der Waals surface area (Å²) in [4.78, 5) is 22.1. The Kier molecular flexibility index (Phi) is 4.85. The van der Waals surface area contributed by atoms with E-state index in [1.54, 1.807) is 0 Å². The Morgan fingerprint density at radius 3 is 2.00 bits per heavy atom. The molecular formula is C12H14O7S. The molecule has 8 heteroatoms. The molecule has 2 N–H and O–H groups in total. The van der Waals surface area contributed by atoms with E-state index in [2.05, 4.69) is 0 Å². The summed E-state index contributed by atoms with van der Waals surface area (Å²) in [7, 11) is -4.31. The molecule has 1 aromatic carbocycles. The highest BCUT2D eigenvalue weighted by atomic mass is 32.2. The average Bonchev–Trinajstić information content (AvgIpc) is 2.36. The van der Waals surface area contributed by atoms with E-state index in [9.17, 15) is 18.0 Å². The van der Waals surface area contributed by atoms with Gasteiger partial charge in [0.25, 0.3) is 10.1 Å². The number of ether oxygens (including phenoxy) is 1. The summed E-state index contributed by atoms with van der Waals surface area (Å²) in [5, 5.41) is 8.79. The first-order valence-corrected chi connectivity index (χ1v) is 7.09. The maximum absolute atomic E-state index is 11.7. The summed E-state index contributed by atoms with van der Waals surface area (Å²) in [5.74, 6) is -3.55. The Balaban J connectivity index is 2.79. The molecule has 2 atom stereocenters. The number of carboxylic acid groups (broad SMARTS) is 1. The predicted molar refractivity (Wildman–Crippen MR) is 67.9 cm³/mol. The predicted octanol–water partition coefficient (Wildman–Crippen LogP) is 1.20. The van der Waals surface area contributed by atoms with E-state index < -0.39 is 33.9 Å². The maximum Gasteiger partial charge on any atom is 0.314 e. The van der Waals surface area contributed by atoms with Crippen LogP contribution in [0.3, 0.4) is 0 Å². The maximum atomic E-state index is 11.7. The van der Waals surface area contributed by atoms with Crippen molar-refractivity contribution < 1.29 is 32.4 Å². The van der Waals surface area contributed by atoms with Crippen LogP contribution in [0.25, 0.3) is 0 Å². The summed E-state index contributed by atoms with van der Waals surface area (Å²) in [6.07, 6.45) is 0. The van der Waals surface area contributed by atoms with Gasteiger partial charge in [-0.1, -0.05) is 13.8 Å². The molecule has 7 nitrogen and oxygen atoms in total. The van der Waals surface area contributed by atoms with Gasteiger partial charge in [-0.15, -0.1) is 0 Å². The molecule has 1 aromatic rings. The Hall–Kier alpha value is -1.93. The summed E-state index contributed by atoms with van der Waals surface area (Å²) in [6, 6.07) is 4.53. The third kappa shape index (κ3) is 4.04. The van der Waals surface area contributed by atoms with E-state index >= 15 is 0 Å². The second kappa shape index (κ2) is 6.02. The van der Waals surface area contributed by atoms with E-state index in [-0.39, 0.29) is 10.6 Å². The van der Waals surface area contributed by atoms with Crippen molar-refractivity contribution in [1.29, 1.82) is 0 Å². The molecule has 0 aromatic heterocycles. The molecule has 20 heavy (non-hydrogen) atoms. The number of carbonyl (C=O) groups is 2. The van der Waals surface area contributed by atoms with Crippen LogP contribution in [0, 0.1) is 11.8 Å². The minimum absolute atomic E-state index is 0.0619. The van der Waals surface area contributed by atoms with Crippen molar-refractivity contribution in [3.8, 4) is 5.75 Å². The van der Waals surface area contributed by atoms with Crippen LogP contribution in [0.2, 0.25) is 0 Å². The van der Waals surface area contributed by atoms with Crippen molar-refractivity contribution in [3.63, 3.8) is 0 Å². The monoisotopic (exact) mass is 302 g/mol. The van der Waals surface area contributed by atoms with Gasteiger partial charge in [0, 0.05) is 0 Å². The van der Waals surface area contributed by atoms with Gasteiger partial charge in [0.05, 0.1) is 16.7 Å². The number of rotatable bonds is 5. The van der Waals surface area contributed by atoms with Crippen LogP contribution in [0.5, 0.6) is 5.75 Å². The minimum atomic E-state index is -4.31. The number of aliphatic carboxylic acids is 1. The number of carbonyl (C=O) groups excluding carboxylic acids is 1. The first-order chi connectivity index (χ1) is 9.12. The van der Waals surface area contributed by atoms with Gasteiger partial charge in [0.15, 0.2) is 0 Å². The number of benzene rings is 1. The Morgan fingerprint density at radius 2 is 1.60 bits per heavy atom. The van der Waals surface area contributed by atoms with Gasteiger partial charge in [0.1, 0.15) is 5.75 Å². The molecule has 0 aliphatic rings. The summed E-state index contributed by atoms with van der Waals surface area (Å²) >= 11 is 0. The van der Waals surface area contributed by atoms with Gasteiger partial charge in [-0.25, -0.2) is 0 Å². The third-order valence-electron chi connectivity index (χ3n) is 2.85. The van der Waals surface area contributed by atoms with Crippen LogP contribution in [0.4, 0.5) is 0 Å². The molecular weight excluding hydrogens is 288 g/mol. The largest absolute Gasteiger partial charge is 0.481 e. The first-order valence-electron chi connectivity index (χ1n) is 5.65. The van der Waals surface area contributed by atoms with Crippen LogP contribution >= 0.6 is 0 Å². The zero-order chi connectivity index (χ0) is 15.5. The van der Waals surface area contributed by atoms with Gasteiger partial charge < -0.3 is 9.84 Å². The lowest BCUT2D eigenvalue weighted by Crippen LogP contribution is -2.28. The van der Waals surface area contributed by atoms with E-state index in [1.165, 1.54) is 26.0 Å². The molecule has 0 saturated heterocycles. The third-order valence-corrected chi connectivity index (χ3v) is 3.72. The quantitative estimate of drug-likeness (QED) is 0.476. The Bertz CT molecular complexity index is 603. The number of carboxylic acids is 1. The highest BCUT2D eigenvalue weighted by Gasteiger charge is 2.27. The molecule has 0 aliphatic heterocycles. The van der Waals surface area contributed by atoms with Crippen LogP contribution in [0.1, 0.15) is 13.8 Å². The molecule has 0 fully saturated rings. The van der Waals surface area contributed by atoms with Crippen LogP contribution in [-0.2, 0) is 19.7 Å². The van der Waals surface area contributed by atoms with E-state index in [0.29, 0.717) is 0 Å².